The number of halogens is 3. The number of para-hydroxylation sites is 1. The van der Waals surface area contributed by atoms with E-state index in [1.807, 2.05) is 0 Å². The largest absolute Gasteiger partial charge is 0.481 e. The molecule has 156 valence electrons. The minimum Gasteiger partial charge on any atom is -0.481 e. The predicted molar refractivity (Wildman–Crippen MR) is 111 cm³/mol. The summed E-state index contributed by atoms with van der Waals surface area (Å²) in [6.45, 7) is 0.779. The fraction of sp³-hybridized carbons (Fsp3) is 0.150. The molecule has 30 heavy (non-hydrogen) atoms. The summed E-state index contributed by atoms with van der Waals surface area (Å²) in [6, 6.07) is 9.68. The molecule has 0 bridgehead atoms. The van der Waals surface area contributed by atoms with Gasteiger partial charge >= 0.3 is 5.97 Å². The Balaban J connectivity index is 1.60. The number of anilines is 2. The second-order valence-electron chi connectivity index (χ2n) is 5.95. The third kappa shape index (κ3) is 5.39. The molecule has 0 aliphatic rings. The average Bonchev–Trinajstić information content (AvgIpc) is 3.15. The quantitative estimate of drug-likeness (QED) is 0.431. The summed E-state index contributed by atoms with van der Waals surface area (Å²) < 4.78 is 37.9. The maximum atomic E-state index is 14.1. The summed E-state index contributed by atoms with van der Waals surface area (Å²) in [5, 5.41) is 1.86. The van der Waals surface area contributed by atoms with Gasteiger partial charge in [-0.3, -0.25) is 9.69 Å². The molecule has 1 heterocycles. The number of hydrogen-bond acceptors (Lipinski definition) is 6. The molecule has 3 aromatic rings. The van der Waals surface area contributed by atoms with E-state index < -0.39 is 23.5 Å². The van der Waals surface area contributed by atoms with Gasteiger partial charge in [0.2, 0.25) is 5.91 Å². The van der Waals surface area contributed by atoms with Crippen molar-refractivity contribution < 1.29 is 27.8 Å². The van der Waals surface area contributed by atoms with Gasteiger partial charge in [0.1, 0.15) is 24.0 Å². The van der Waals surface area contributed by atoms with Crippen LogP contribution in [0.4, 0.5) is 19.6 Å². The van der Waals surface area contributed by atoms with E-state index in [2.05, 4.69) is 20.9 Å². The van der Waals surface area contributed by atoms with Crippen LogP contribution in [0, 0.1) is 11.6 Å². The Kier molecular flexibility index (Phi) is 7.11. The standard InChI is InChI=1S/C20H15BrF2N2O4S/c1-12(26)25(17-5-3-2-4-16(17)23)20-24-14(11-30-20)9-29-19(27)10-28-18-7-6-13(22)8-15(18)21/h2-8,11H,9-10H2,1H3. The lowest BCUT2D eigenvalue weighted by Gasteiger charge is -2.18. The Hall–Kier alpha value is -2.85. The van der Waals surface area contributed by atoms with Gasteiger partial charge in [-0.05, 0) is 46.3 Å². The molecule has 0 N–H and O–H groups in total. The molecule has 0 spiro atoms. The van der Waals surface area contributed by atoms with E-state index in [1.54, 1.807) is 11.4 Å². The summed E-state index contributed by atoms with van der Waals surface area (Å²) in [5.41, 5.74) is 0.482. The van der Waals surface area contributed by atoms with E-state index in [0.717, 1.165) is 16.2 Å². The molecule has 1 aromatic heterocycles. The van der Waals surface area contributed by atoms with Crippen molar-refractivity contribution in [1.82, 2.24) is 4.98 Å². The highest BCUT2D eigenvalue weighted by Crippen LogP contribution is 2.31. The Morgan fingerprint density at radius 2 is 1.97 bits per heavy atom. The normalized spacial score (nSPS) is 10.5. The fourth-order valence-electron chi connectivity index (χ4n) is 2.43. The van der Waals surface area contributed by atoms with Crippen LogP contribution < -0.4 is 9.64 Å². The Morgan fingerprint density at radius 1 is 1.20 bits per heavy atom. The van der Waals surface area contributed by atoms with Gasteiger partial charge in [-0.25, -0.2) is 18.6 Å². The van der Waals surface area contributed by atoms with Crippen molar-refractivity contribution in [2.24, 2.45) is 0 Å². The van der Waals surface area contributed by atoms with E-state index in [0.29, 0.717) is 15.9 Å². The molecule has 0 saturated carbocycles. The van der Waals surface area contributed by atoms with Gasteiger partial charge in [0, 0.05) is 12.3 Å². The van der Waals surface area contributed by atoms with Gasteiger partial charge in [0.15, 0.2) is 11.7 Å². The number of nitrogens with zero attached hydrogens (tertiary/aromatic N) is 2. The fourth-order valence-corrected chi connectivity index (χ4v) is 3.76. The zero-order valence-electron chi connectivity index (χ0n) is 15.6. The molecule has 0 unspecified atom stereocenters. The molecular formula is C20H15BrF2N2O4S. The summed E-state index contributed by atoms with van der Waals surface area (Å²) >= 11 is 4.26. The molecule has 0 aliphatic heterocycles. The molecule has 0 fully saturated rings. The lowest BCUT2D eigenvalue weighted by Crippen LogP contribution is -2.23. The second kappa shape index (κ2) is 9.77. The molecule has 6 nitrogen and oxygen atoms in total. The van der Waals surface area contributed by atoms with Crippen molar-refractivity contribution >= 4 is 50.0 Å². The first-order valence-electron chi connectivity index (χ1n) is 8.58. The predicted octanol–water partition coefficient (Wildman–Crippen LogP) is 4.99. The number of carbonyl (C=O) groups excluding carboxylic acids is 2. The number of ether oxygens (including phenoxy) is 2. The highest BCUT2D eigenvalue weighted by molar-refractivity contribution is 9.10. The van der Waals surface area contributed by atoms with E-state index in [9.17, 15) is 18.4 Å². The van der Waals surface area contributed by atoms with Crippen LogP contribution in [0.5, 0.6) is 5.75 Å². The Bertz CT molecular complexity index is 1080. The lowest BCUT2D eigenvalue weighted by atomic mass is 10.3. The molecular weight excluding hydrogens is 482 g/mol. The van der Waals surface area contributed by atoms with Crippen molar-refractivity contribution in [2.75, 3.05) is 11.5 Å². The van der Waals surface area contributed by atoms with Gasteiger partial charge in [-0.15, -0.1) is 11.3 Å². The van der Waals surface area contributed by atoms with Gasteiger partial charge < -0.3 is 9.47 Å². The van der Waals surface area contributed by atoms with Gasteiger partial charge in [-0.2, -0.15) is 0 Å². The molecule has 1 amide bonds. The van der Waals surface area contributed by atoms with Crippen molar-refractivity contribution in [3.63, 3.8) is 0 Å². The van der Waals surface area contributed by atoms with Gasteiger partial charge in [-0.1, -0.05) is 12.1 Å². The van der Waals surface area contributed by atoms with Crippen molar-refractivity contribution in [3.05, 3.63) is 69.6 Å². The topological polar surface area (TPSA) is 68.7 Å². The van der Waals surface area contributed by atoms with E-state index in [-0.39, 0.29) is 24.0 Å². The van der Waals surface area contributed by atoms with Crippen LogP contribution in [0.3, 0.4) is 0 Å². The molecule has 0 aliphatic carbocycles. The monoisotopic (exact) mass is 496 g/mol. The number of hydrogen-bond donors (Lipinski definition) is 0. The number of esters is 1. The van der Waals surface area contributed by atoms with Crippen LogP contribution in [0.25, 0.3) is 0 Å². The molecule has 3 rings (SSSR count). The number of benzene rings is 2. The molecule has 0 radical (unpaired) electrons. The van der Waals surface area contributed by atoms with Crippen LogP contribution in [0.1, 0.15) is 12.6 Å². The van der Waals surface area contributed by atoms with Crippen molar-refractivity contribution in [3.8, 4) is 5.75 Å². The number of aromatic nitrogens is 1. The van der Waals surface area contributed by atoms with Gasteiger partial charge in [0.25, 0.3) is 0 Å². The maximum absolute atomic E-state index is 14.1. The first-order chi connectivity index (χ1) is 14.3. The molecule has 0 atom stereocenters. The first kappa shape index (κ1) is 21.8. The average molecular weight is 497 g/mol. The number of thiazole rings is 1. The van der Waals surface area contributed by atoms with Crippen molar-refractivity contribution in [2.45, 2.75) is 13.5 Å². The smallest absolute Gasteiger partial charge is 0.344 e. The highest BCUT2D eigenvalue weighted by atomic mass is 79.9. The number of amides is 1. The first-order valence-corrected chi connectivity index (χ1v) is 10.3. The molecule has 10 heteroatoms. The molecule has 2 aromatic carbocycles. The molecule has 0 saturated heterocycles. The van der Waals surface area contributed by atoms with Crippen LogP contribution >= 0.6 is 27.3 Å². The maximum Gasteiger partial charge on any atom is 0.344 e. The minimum atomic E-state index is -0.654. The third-order valence-electron chi connectivity index (χ3n) is 3.76. The van der Waals surface area contributed by atoms with Crippen LogP contribution in [-0.4, -0.2) is 23.5 Å². The Morgan fingerprint density at radius 3 is 2.67 bits per heavy atom. The zero-order valence-corrected chi connectivity index (χ0v) is 18.0. The minimum absolute atomic E-state index is 0.0844. The lowest BCUT2D eigenvalue weighted by molar-refractivity contribution is -0.147. The second-order valence-corrected chi connectivity index (χ2v) is 7.64. The van der Waals surface area contributed by atoms with Crippen LogP contribution in [0.2, 0.25) is 0 Å². The summed E-state index contributed by atoms with van der Waals surface area (Å²) in [7, 11) is 0. The van der Waals surface area contributed by atoms with Gasteiger partial charge in [0.05, 0.1) is 15.9 Å². The SMILES string of the molecule is CC(=O)N(c1nc(COC(=O)COc2ccc(F)cc2Br)cs1)c1ccccc1F. The van der Waals surface area contributed by atoms with E-state index >= 15 is 0 Å². The van der Waals surface area contributed by atoms with E-state index in [4.69, 9.17) is 9.47 Å². The number of carbonyl (C=O) groups is 2. The summed E-state index contributed by atoms with van der Waals surface area (Å²) in [4.78, 5) is 29.4. The van der Waals surface area contributed by atoms with E-state index in [1.165, 1.54) is 43.3 Å². The summed E-state index contributed by atoms with van der Waals surface area (Å²) in [5.74, 6) is -1.76. The summed E-state index contributed by atoms with van der Waals surface area (Å²) in [6.07, 6.45) is 0. The Labute approximate surface area is 183 Å². The third-order valence-corrected chi connectivity index (χ3v) is 5.25. The number of rotatable bonds is 7. The zero-order chi connectivity index (χ0) is 21.7. The van der Waals surface area contributed by atoms with Crippen molar-refractivity contribution in [1.29, 1.82) is 0 Å². The van der Waals surface area contributed by atoms with Crippen LogP contribution in [0.15, 0.2) is 52.3 Å². The van der Waals surface area contributed by atoms with Crippen LogP contribution in [-0.2, 0) is 20.9 Å². The highest BCUT2D eigenvalue weighted by Gasteiger charge is 2.21.